The summed E-state index contributed by atoms with van der Waals surface area (Å²) in [5.74, 6) is 0.270. The highest BCUT2D eigenvalue weighted by Gasteiger charge is 2.30. The minimum Gasteiger partial charge on any atom is -0.290 e. The lowest BCUT2D eigenvalue weighted by Crippen LogP contribution is -2.26. The third kappa shape index (κ3) is 3.04. The molecule has 0 aromatic carbocycles. The summed E-state index contributed by atoms with van der Waals surface area (Å²) in [6.07, 6.45) is 1.38. The van der Waals surface area contributed by atoms with Crippen molar-refractivity contribution >= 4 is 19.7 Å². The van der Waals surface area contributed by atoms with Crippen molar-refractivity contribution in [1.29, 1.82) is 5.26 Å². The fraction of sp³-hybridized carbons (Fsp3) is 0.333. The number of hydrogen-bond acceptors (Lipinski definition) is 6. The molecule has 0 unspecified atom stereocenters. The minimum atomic E-state index is -4.04. The van der Waals surface area contributed by atoms with Crippen LogP contribution >= 0.6 is 10.7 Å². The summed E-state index contributed by atoms with van der Waals surface area (Å²) in [6.45, 7) is 5.40. The fourth-order valence-corrected chi connectivity index (χ4v) is 2.81. The number of hydrogen-bond donors (Lipinski definition) is 0. The van der Waals surface area contributed by atoms with Crippen LogP contribution in [0, 0.1) is 11.3 Å². The minimum absolute atomic E-state index is 0.270. The third-order valence-electron chi connectivity index (χ3n) is 2.64. The average Bonchev–Trinajstić information content (AvgIpc) is 2.83. The lowest BCUT2D eigenvalue weighted by Gasteiger charge is -2.23. The molecule has 7 nitrogen and oxygen atoms in total. The molecule has 0 aliphatic rings. The number of rotatable bonds is 2. The van der Waals surface area contributed by atoms with Crippen molar-refractivity contribution in [3.63, 3.8) is 0 Å². The number of halogens is 1. The van der Waals surface area contributed by atoms with Crippen molar-refractivity contribution in [2.45, 2.75) is 31.5 Å². The number of nitrogens with zero attached hydrogens (tertiary/aromatic N) is 5. The number of nitriles is 1. The Labute approximate surface area is 126 Å². The second kappa shape index (κ2) is 5.09. The molecule has 0 radical (unpaired) electrons. The quantitative estimate of drug-likeness (QED) is 0.781. The van der Waals surface area contributed by atoms with Crippen LogP contribution in [0.5, 0.6) is 0 Å². The van der Waals surface area contributed by atoms with E-state index in [1.807, 2.05) is 6.07 Å². The first-order chi connectivity index (χ1) is 9.64. The van der Waals surface area contributed by atoms with E-state index >= 15 is 0 Å². The molecule has 0 fully saturated rings. The first-order valence-electron chi connectivity index (χ1n) is 5.91. The molecule has 0 N–H and O–H groups in total. The van der Waals surface area contributed by atoms with Crippen LogP contribution in [0.25, 0.3) is 11.5 Å². The Morgan fingerprint density at radius 3 is 2.38 bits per heavy atom. The van der Waals surface area contributed by atoms with Crippen LogP contribution in [-0.2, 0) is 14.6 Å². The van der Waals surface area contributed by atoms with E-state index in [1.165, 1.54) is 10.8 Å². The van der Waals surface area contributed by atoms with Gasteiger partial charge in [0.2, 0.25) is 0 Å². The summed E-state index contributed by atoms with van der Waals surface area (Å²) in [6, 6.07) is 5.10. The molecular formula is C12H12ClN5O2S. The van der Waals surface area contributed by atoms with Gasteiger partial charge in [-0.1, -0.05) is 0 Å². The van der Waals surface area contributed by atoms with E-state index in [9.17, 15) is 8.42 Å². The second-order valence-corrected chi connectivity index (χ2v) is 7.75. The van der Waals surface area contributed by atoms with Crippen molar-refractivity contribution < 1.29 is 8.42 Å². The molecule has 2 heterocycles. The first kappa shape index (κ1) is 15.4. The second-order valence-electron chi connectivity index (χ2n) is 5.29. The van der Waals surface area contributed by atoms with Crippen molar-refractivity contribution in [2.75, 3.05) is 0 Å². The molecule has 2 aromatic heterocycles. The van der Waals surface area contributed by atoms with Crippen molar-refractivity contribution in [2.24, 2.45) is 0 Å². The molecule has 2 rings (SSSR count). The Balaban J connectivity index is 2.70. The number of aromatic nitrogens is 4. The predicted molar refractivity (Wildman–Crippen MR) is 76.0 cm³/mol. The van der Waals surface area contributed by atoms with Crippen molar-refractivity contribution in [3.05, 3.63) is 23.9 Å². The Kier molecular flexibility index (Phi) is 3.74. The zero-order chi connectivity index (χ0) is 15.8. The molecule has 0 bridgehead atoms. The standard InChI is InChI=1S/C12H12ClN5O2S/c1-12(2,3)18-10(16-17-11(18)21(13,19)20)9-5-4-8(6-14)7-15-9/h4-5,7H,1-3H3. The summed E-state index contributed by atoms with van der Waals surface area (Å²) in [4.78, 5) is 4.11. The first-order valence-corrected chi connectivity index (χ1v) is 8.22. The molecule has 9 heteroatoms. The van der Waals surface area contributed by atoms with Crippen LogP contribution in [0.1, 0.15) is 26.3 Å². The molecule has 0 saturated carbocycles. The molecule has 110 valence electrons. The maximum absolute atomic E-state index is 11.6. The molecule has 0 aliphatic heterocycles. The van der Waals surface area contributed by atoms with Gasteiger partial charge in [-0.05, 0) is 32.9 Å². The smallest absolute Gasteiger partial charge is 0.290 e. The van der Waals surface area contributed by atoms with E-state index < -0.39 is 14.6 Å². The highest BCUT2D eigenvalue weighted by molar-refractivity contribution is 8.13. The highest BCUT2D eigenvalue weighted by atomic mass is 35.7. The highest BCUT2D eigenvalue weighted by Crippen LogP contribution is 2.28. The van der Waals surface area contributed by atoms with Crippen LogP contribution in [-0.4, -0.2) is 28.2 Å². The predicted octanol–water partition coefficient (Wildman–Crippen LogP) is 1.89. The van der Waals surface area contributed by atoms with Crippen molar-refractivity contribution in [1.82, 2.24) is 19.7 Å². The maximum Gasteiger partial charge on any atom is 0.296 e. The van der Waals surface area contributed by atoms with Crippen LogP contribution < -0.4 is 0 Å². The van der Waals surface area contributed by atoms with E-state index in [-0.39, 0.29) is 11.0 Å². The van der Waals surface area contributed by atoms with E-state index in [4.69, 9.17) is 15.9 Å². The summed E-state index contributed by atoms with van der Waals surface area (Å²) in [7, 11) is 1.37. The number of pyridine rings is 1. The van der Waals surface area contributed by atoms with Gasteiger partial charge < -0.3 is 0 Å². The fourth-order valence-electron chi connectivity index (χ4n) is 1.79. The SMILES string of the molecule is CC(C)(C)n1c(-c2ccc(C#N)cn2)nnc1S(=O)(=O)Cl. The van der Waals surface area contributed by atoms with E-state index in [0.29, 0.717) is 11.3 Å². The third-order valence-corrected chi connectivity index (χ3v) is 3.76. The zero-order valence-corrected chi connectivity index (χ0v) is 13.1. The van der Waals surface area contributed by atoms with Gasteiger partial charge in [0.1, 0.15) is 11.8 Å². The Bertz CT molecular complexity index is 813. The van der Waals surface area contributed by atoms with Crippen molar-refractivity contribution in [3.8, 4) is 17.6 Å². The van der Waals surface area contributed by atoms with Gasteiger partial charge in [-0.25, -0.2) is 8.42 Å². The van der Waals surface area contributed by atoms with E-state index in [2.05, 4.69) is 15.2 Å². The maximum atomic E-state index is 11.6. The summed E-state index contributed by atoms with van der Waals surface area (Å²) >= 11 is 0. The molecule has 2 aromatic rings. The van der Waals surface area contributed by atoms with Gasteiger partial charge in [-0.3, -0.25) is 9.55 Å². The van der Waals surface area contributed by atoms with Gasteiger partial charge in [0.05, 0.1) is 5.56 Å². The largest absolute Gasteiger partial charge is 0.296 e. The van der Waals surface area contributed by atoms with Gasteiger partial charge in [-0.15, -0.1) is 10.2 Å². The Morgan fingerprint density at radius 2 is 1.95 bits per heavy atom. The lowest BCUT2D eigenvalue weighted by atomic mass is 10.1. The summed E-state index contributed by atoms with van der Waals surface area (Å²) < 4.78 is 24.7. The van der Waals surface area contributed by atoms with Crippen LogP contribution in [0.2, 0.25) is 0 Å². The molecule has 21 heavy (non-hydrogen) atoms. The van der Waals surface area contributed by atoms with Gasteiger partial charge in [0.15, 0.2) is 5.82 Å². The monoisotopic (exact) mass is 325 g/mol. The molecule has 0 aliphatic carbocycles. The normalized spacial score (nSPS) is 12.1. The lowest BCUT2D eigenvalue weighted by molar-refractivity contribution is 0.367. The molecule has 0 spiro atoms. The van der Waals surface area contributed by atoms with E-state index in [0.717, 1.165) is 0 Å². The van der Waals surface area contributed by atoms with Gasteiger partial charge in [0, 0.05) is 22.4 Å². The summed E-state index contributed by atoms with van der Waals surface area (Å²) in [5, 5.41) is 16.0. The molecule has 0 atom stereocenters. The molecule has 0 amide bonds. The Morgan fingerprint density at radius 1 is 1.29 bits per heavy atom. The van der Waals surface area contributed by atoms with Crippen LogP contribution in [0.3, 0.4) is 0 Å². The zero-order valence-electron chi connectivity index (χ0n) is 11.6. The van der Waals surface area contributed by atoms with E-state index in [1.54, 1.807) is 32.9 Å². The van der Waals surface area contributed by atoms with Crippen LogP contribution in [0.4, 0.5) is 0 Å². The Hall–Kier alpha value is -1.98. The topological polar surface area (TPSA) is 102 Å². The van der Waals surface area contributed by atoms with Gasteiger partial charge in [0.25, 0.3) is 14.2 Å². The van der Waals surface area contributed by atoms with Gasteiger partial charge >= 0.3 is 0 Å². The molecular weight excluding hydrogens is 314 g/mol. The van der Waals surface area contributed by atoms with Gasteiger partial charge in [-0.2, -0.15) is 5.26 Å². The summed E-state index contributed by atoms with van der Waals surface area (Å²) in [5.41, 5.74) is 0.180. The molecule has 0 saturated heterocycles. The van der Waals surface area contributed by atoms with Crippen LogP contribution in [0.15, 0.2) is 23.5 Å². The average molecular weight is 326 g/mol.